The highest BCUT2D eigenvalue weighted by Crippen LogP contribution is 2.44. The Balaban J connectivity index is 1.35. The molecule has 0 spiro atoms. The number of aliphatic carboxylic acids is 1. The summed E-state index contributed by atoms with van der Waals surface area (Å²) < 4.78 is 7.37. The third kappa shape index (κ3) is 5.51. The maximum absolute atomic E-state index is 12.6. The van der Waals surface area contributed by atoms with Gasteiger partial charge in [-0.2, -0.15) is 0 Å². The zero-order chi connectivity index (χ0) is 24.8. The molecule has 2 amide bonds. The monoisotopic (exact) mass is 476 g/mol. The molecule has 1 atom stereocenters. The van der Waals surface area contributed by atoms with Crippen LogP contribution in [-0.2, 0) is 27.3 Å². The van der Waals surface area contributed by atoms with E-state index in [1.165, 1.54) is 0 Å². The highest BCUT2D eigenvalue weighted by atomic mass is 16.5. The van der Waals surface area contributed by atoms with E-state index in [0.717, 1.165) is 34.5 Å². The Bertz CT molecular complexity index is 1180. The van der Waals surface area contributed by atoms with E-state index < -0.39 is 30.4 Å². The maximum atomic E-state index is 12.6. The molecule has 182 valence electrons. The molecule has 9 heteroatoms. The summed E-state index contributed by atoms with van der Waals surface area (Å²) >= 11 is 0. The number of imidazole rings is 1. The van der Waals surface area contributed by atoms with E-state index in [9.17, 15) is 19.5 Å². The van der Waals surface area contributed by atoms with Crippen LogP contribution in [0.25, 0.3) is 11.1 Å². The Kier molecular flexibility index (Phi) is 7.45. The number of carboxylic acid groups (broad SMARTS) is 1. The molecule has 0 radical (unpaired) electrons. The fourth-order valence-corrected chi connectivity index (χ4v) is 4.45. The number of aryl methyl sites for hydroxylation is 1. The molecular formula is C26H28N4O5. The van der Waals surface area contributed by atoms with Gasteiger partial charge in [-0.1, -0.05) is 55.5 Å². The average Bonchev–Trinajstić information content (AvgIpc) is 3.44. The minimum absolute atomic E-state index is 0.0711. The van der Waals surface area contributed by atoms with Crippen LogP contribution in [0.4, 0.5) is 4.79 Å². The third-order valence-corrected chi connectivity index (χ3v) is 6.10. The number of aromatic nitrogens is 2. The number of hydrogen-bond acceptors (Lipinski definition) is 5. The number of fused-ring (bicyclic) bond motifs is 3. The summed E-state index contributed by atoms with van der Waals surface area (Å²) in [4.78, 5) is 40.7. The summed E-state index contributed by atoms with van der Waals surface area (Å²) in [7, 11) is 0. The molecule has 9 nitrogen and oxygen atoms in total. The van der Waals surface area contributed by atoms with E-state index in [0.29, 0.717) is 6.54 Å². The zero-order valence-electron chi connectivity index (χ0n) is 19.4. The topological polar surface area (TPSA) is 123 Å². The number of ether oxygens (including phenoxy) is 1. The first kappa shape index (κ1) is 24.0. The molecule has 1 aliphatic rings. The summed E-state index contributed by atoms with van der Waals surface area (Å²) in [6, 6.07) is 14.7. The van der Waals surface area contributed by atoms with Gasteiger partial charge in [-0.3, -0.25) is 9.59 Å². The highest BCUT2D eigenvalue weighted by molar-refractivity contribution is 5.89. The van der Waals surface area contributed by atoms with Crippen LogP contribution in [0.3, 0.4) is 0 Å². The molecular weight excluding hydrogens is 448 g/mol. The number of benzene rings is 2. The van der Waals surface area contributed by atoms with Gasteiger partial charge in [0.25, 0.3) is 0 Å². The SMILES string of the molecule is CCc1nccn1CCNC(=O)C(CC(=O)O)NC(=O)OCC1c2ccccc2-c2ccccc21. The van der Waals surface area contributed by atoms with Crippen molar-refractivity contribution in [3.05, 3.63) is 77.9 Å². The largest absolute Gasteiger partial charge is 0.481 e. The van der Waals surface area contributed by atoms with Crippen LogP contribution in [0.1, 0.15) is 36.2 Å². The Morgan fingerprint density at radius 2 is 1.74 bits per heavy atom. The number of nitrogens with zero attached hydrogens (tertiary/aromatic N) is 2. The molecule has 0 saturated carbocycles. The van der Waals surface area contributed by atoms with E-state index in [4.69, 9.17) is 4.74 Å². The fourth-order valence-electron chi connectivity index (χ4n) is 4.45. The highest BCUT2D eigenvalue weighted by Gasteiger charge is 2.30. The summed E-state index contributed by atoms with van der Waals surface area (Å²) in [6.07, 6.45) is 2.87. The second kappa shape index (κ2) is 10.9. The number of carbonyl (C=O) groups is 3. The first-order valence-electron chi connectivity index (χ1n) is 11.6. The maximum Gasteiger partial charge on any atom is 0.407 e. The molecule has 3 aromatic rings. The van der Waals surface area contributed by atoms with Gasteiger partial charge in [0, 0.05) is 37.8 Å². The Labute approximate surface area is 203 Å². The molecule has 1 unspecified atom stereocenters. The quantitative estimate of drug-likeness (QED) is 0.414. The second-order valence-corrected chi connectivity index (χ2v) is 8.30. The number of nitrogens with one attached hydrogen (secondary N) is 2. The van der Waals surface area contributed by atoms with Crippen molar-refractivity contribution in [1.82, 2.24) is 20.2 Å². The molecule has 1 aliphatic carbocycles. The lowest BCUT2D eigenvalue weighted by Crippen LogP contribution is -2.48. The van der Waals surface area contributed by atoms with Gasteiger partial charge in [-0.25, -0.2) is 9.78 Å². The van der Waals surface area contributed by atoms with Crippen molar-refractivity contribution < 1.29 is 24.2 Å². The molecule has 35 heavy (non-hydrogen) atoms. The zero-order valence-corrected chi connectivity index (χ0v) is 19.4. The van der Waals surface area contributed by atoms with Crippen LogP contribution >= 0.6 is 0 Å². The van der Waals surface area contributed by atoms with Gasteiger partial charge in [0.05, 0.1) is 6.42 Å². The van der Waals surface area contributed by atoms with Crippen LogP contribution in [0.2, 0.25) is 0 Å². The third-order valence-electron chi connectivity index (χ3n) is 6.10. The molecule has 0 saturated heterocycles. The first-order chi connectivity index (χ1) is 17.0. The standard InChI is InChI=1S/C26H28N4O5/c1-2-23-27-11-13-30(23)14-12-28-25(33)22(15-24(31)32)29-26(34)35-16-21-19-9-5-3-7-17(19)18-8-4-6-10-20(18)21/h3-11,13,21-22H,2,12,14-16H2,1H3,(H,28,33)(H,29,34)(H,31,32). The summed E-state index contributed by atoms with van der Waals surface area (Å²) in [6.45, 7) is 2.81. The number of carboxylic acids is 1. The van der Waals surface area contributed by atoms with Gasteiger partial charge in [0.2, 0.25) is 5.91 Å². The van der Waals surface area contributed by atoms with Gasteiger partial charge in [0.1, 0.15) is 18.5 Å². The lowest BCUT2D eigenvalue weighted by molar-refractivity contribution is -0.139. The van der Waals surface area contributed by atoms with Crippen LogP contribution in [0, 0.1) is 0 Å². The van der Waals surface area contributed by atoms with Crippen LogP contribution in [0.15, 0.2) is 60.9 Å². The lowest BCUT2D eigenvalue weighted by atomic mass is 9.98. The van der Waals surface area contributed by atoms with Crippen molar-refractivity contribution in [2.45, 2.75) is 38.3 Å². The van der Waals surface area contributed by atoms with Crippen LogP contribution in [0.5, 0.6) is 0 Å². The van der Waals surface area contributed by atoms with E-state index in [1.807, 2.05) is 66.2 Å². The number of rotatable bonds is 10. The van der Waals surface area contributed by atoms with E-state index in [2.05, 4.69) is 15.6 Å². The molecule has 0 fully saturated rings. The number of alkyl carbamates (subject to hydrolysis) is 1. The predicted molar refractivity (Wildman–Crippen MR) is 129 cm³/mol. The van der Waals surface area contributed by atoms with E-state index in [-0.39, 0.29) is 19.1 Å². The van der Waals surface area contributed by atoms with Crippen molar-refractivity contribution >= 4 is 18.0 Å². The number of carbonyl (C=O) groups excluding carboxylic acids is 2. The van der Waals surface area contributed by atoms with Crippen LogP contribution in [-0.4, -0.2) is 51.8 Å². The van der Waals surface area contributed by atoms with Crippen molar-refractivity contribution in [1.29, 1.82) is 0 Å². The molecule has 4 rings (SSSR count). The fraction of sp³-hybridized carbons (Fsp3) is 0.308. The molecule has 1 aromatic heterocycles. The molecule has 0 aliphatic heterocycles. The van der Waals surface area contributed by atoms with Gasteiger partial charge in [0.15, 0.2) is 0 Å². The average molecular weight is 477 g/mol. The lowest BCUT2D eigenvalue weighted by Gasteiger charge is -2.19. The van der Waals surface area contributed by atoms with E-state index >= 15 is 0 Å². The summed E-state index contributed by atoms with van der Waals surface area (Å²) in [5.41, 5.74) is 4.33. The van der Waals surface area contributed by atoms with Crippen molar-refractivity contribution in [3.8, 4) is 11.1 Å². The summed E-state index contributed by atoms with van der Waals surface area (Å²) in [5.74, 6) is -1.04. The van der Waals surface area contributed by atoms with E-state index in [1.54, 1.807) is 6.20 Å². The normalized spacial score (nSPS) is 12.9. The Hall–Kier alpha value is -4.14. The van der Waals surface area contributed by atoms with Gasteiger partial charge in [-0.05, 0) is 22.3 Å². The van der Waals surface area contributed by atoms with Gasteiger partial charge in [-0.15, -0.1) is 0 Å². The number of amides is 2. The molecule has 0 bridgehead atoms. The predicted octanol–water partition coefficient (Wildman–Crippen LogP) is 2.94. The molecule has 1 heterocycles. The van der Waals surface area contributed by atoms with Crippen LogP contribution < -0.4 is 10.6 Å². The summed E-state index contributed by atoms with van der Waals surface area (Å²) in [5, 5.41) is 14.3. The number of hydrogen-bond donors (Lipinski definition) is 3. The van der Waals surface area contributed by atoms with Gasteiger partial charge >= 0.3 is 12.1 Å². The van der Waals surface area contributed by atoms with Gasteiger partial charge < -0.3 is 25.0 Å². The Morgan fingerprint density at radius 3 is 2.37 bits per heavy atom. The van der Waals surface area contributed by atoms with Crippen molar-refractivity contribution in [3.63, 3.8) is 0 Å². The minimum atomic E-state index is -1.25. The minimum Gasteiger partial charge on any atom is -0.481 e. The Morgan fingerprint density at radius 1 is 1.09 bits per heavy atom. The van der Waals surface area contributed by atoms with Crippen molar-refractivity contribution in [2.24, 2.45) is 0 Å². The first-order valence-corrected chi connectivity index (χ1v) is 11.6. The molecule has 2 aromatic carbocycles. The second-order valence-electron chi connectivity index (χ2n) is 8.30. The smallest absolute Gasteiger partial charge is 0.407 e. The molecule has 3 N–H and O–H groups in total. The van der Waals surface area contributed by atoms with Crippen molar-refractivity contribution in [2.75, 3.05) is 13.2 Å².